The number of nitrogens with zero attached hydrogens (tertiary/aromatic N) is 2. The summed E-state index contributed by atoms with van der Waals surface area (Å²) in [5, 5.41) is 2.96. The number of imidazole rings is 1. The number of sulfone groups is 1. The van der Waals surface area contributed by atoms with Crippen molar-refractivity contribution in [1.82, 2.24) is 15.0 Å². The van der Waals surface area contributed by atoms with Gasteiger partial charge in [0.25, 0.3) is 0 Å². The number of pyridine rings is 1. The maximum absolute atomic E-state index is 11.5. The van der Waals surface area contributed by atoms with Gasteiger partial charge in [0, 0.05) is 18.6 Å². The maximum atomic E-state index is 11.5. The lowest BCUT2D eigenvalue weighted by molar-refractivity contribution is 0.601. The summed E-state index contributed by atoms with van der Waals surface area (Å²) < 4.78 is 23.0. The van der Waals surface area contributed by atoms with Crippen LogP contribution in [0.15, 0.2) is 35.7 Å². The molecule has 0 fully saturated rings. The predicted molar refractivity (Wildman–Crippen MR) is 63.3 cm³/mol. The molecule has 0 aromatic carbocycles. The zero-order valence-corrected chi connectivity index (χ0v) is 10.0. The third-order valence-electron chi connectivity index (χ3n) is 2.17. The lowest BCUT2D eigenvalue weighted by Crippen LogP contribution is -2.08. The molecule has 0 amide bonds. The first-order chi connectivity index (χ1) is 8.07. The quantitative estimate of drug-likeness (QED) is 0.841. The Morgan fingerprint density at radius 1 is 1.47 bits per heavy atom. The van der Waals surface area contributed by atoms with Gasteiger partial charge in [0.15, 0.2) is 9.84 Å². The largest absolute Gasteiger partial charge is 0.363 e. The van der Waals surface area contributed by atoms with Crippen molar-refractivity contribution in [2.75, 3.05) is 11.6 Å². The lowest BCUT2D eigenvalue weighted by atomic mass is 10.4. The van der Waals surface area contributed by atoms with Gasteiger partial charge in [-0.25, -0.2) is 18.4 Å². The minimum Gasteiger partial charge on any atom is -0.363 e. The van der Waals surface area contributed by atoms with Gasteiger partial charge in [-0.3, -0.25) is 0 Å². The van der Waals surface area contributed by atoms with E-state index in [1.54, 1.807) is 24.8 Å². The Hall–Kier alpha value is -1.89. The van der Waals surface area contributed by atoms with Crippen molar-refractivity contribution >= 4 is 15.7 Å². The predicted octanol–water partition coefficient (Wildman–Crippen LogP) is 0.820. The molecule has 0 saturated heterocycles. The van der Waals surface area contributed by atoms with Gasteiger partial charge in [-0.2, -0.15) is 0 Å². The first kappa shape index (κ1) is 11.6. The van der Waals surface area contributed by atoms with Gasteiger partial charge in [-0.1, -0.05) is 0 Å². The fraction of sp³-hybridized carbons (Fsp3) is 0.200. The zero-order chi connectivity index (χ0) is 12.3. The van der Waals surface area contributed by atoms with Gasteiger partial charge in [0.2, 0.25) is 0 Å². The summed E-state index contributed by atoms with van der Waals surface area (Å²) in [5.74, 6) is 0.351. The summed E-state index contributed by atoms with van der Waals surface area (Å²) in [6.07, 6.45) is 5.93. The minimum absolute atomic E-state index is 0.194. The Kier molecular flexibility index (Phi) is 3.10. The normalized spacial score (nSPS) is 11.4. The van der Waals surface area contributed by atoms with E-state index in [-0.39, 0.29) is 4.90 Å². The number of aromatic nitrogens is 3. The minimum atomic E-state index is -3.28. The summed E-state index contributed by atoms with van der Waals surface area (Å²) in [4.78, 5) is 11.0. The fourth-order valence-electron chi connectivity index (χ4n) is 1.38. The van der Waals surface area contributed by atoms with Crippen molar-refractivity contribution in [3.63, 3.8) is 0 Å². The van der Waals surface area contributed by atoms with Crippen LogP contribution < -0.4 is 5.32 Å². The van der Waals surface area contributed by atoms with Gasteiger partial charge in [0.1, 0.15) is 10.7 Å². The van der Waals surface area contributed by atoms with Crippen LogP contribution in [0.5, 0.6) is 0 Å². The third kappa shape index (κ3) is 2.82. The molecule has 2 aromatic rings. The molecule has 2 heterocycles. The summed E-state index contributed by atoms with van der Waals surface area (Å²) in [7, 11) is -3.28. The van der Waals surface area contributed by atoms with E-state index in [1.807, 2.05) is 0 Å². The molecule has 2 rings (SSSR count). The van der Waals surface area contributed by atoms with Crippen LogP contribution in [-0.4, -0.2) is 29.6 Å². The molecule has 2 aromatic heterocycles. The molecule has 0 saturated carbocycles. The van der Waals surface area contributed by atoms with E-state index in [4.69, 9.17) is 0 Å². The summed E-state index contributed by atoms with van der Waals surface area (Å²) in [6.45, 7) is 0.444. The molecule has 0 aliphatic heterocycles. The van der Waals surface area contributed by atoms with Crippen LogP contribution in [0.4, 0.5) is 5.82 Å². The summed E-state index contributed by atoms with van der Waals surface area (Å²) in [5.41, 5.74) is 0.857. The van der Waals surface area contributed by atoms with Crippen LogP contribution in [0.3, 0.4) is 0 Å². The molecule has 90 valence electrons. The van der Waals surface area contributed by atoms with E-state index >= 15 is 0 Å². The fourth-order valence-corrected chi connectivity index (χ4v) is 2.18. The zero-order valence-electron chi connectivity index (χ0n) is 9.21. The molecule has 0 bridgehead atoms. The average molecular weight is 252 g/mol. The molecule has 0 spiro atoms. The van der Waals surface area contributed by atoms with Gasteiger partial charge >= 0.3 is 0 Å². The summed E-state index contributed by atoms with van der Waals surface area (Å²) >= 11 is 0. The number of H-pyrrole nitrogens is 1. The number of nitrogens with one attached hydrogen (secondary N) is 2. The second-order valence-corrected chi connectivity index (χ2v) is 5.54. The molecule has 0 unspecified atom stereocenters. The van der Waals surface area contributed by atoms with E-state index in [2.05, 4.69) is 20.3 Å². The second-order valence-electron chi connectivity index (χ2n) is 3.55. The Morgan fingerprint density at radius 3 is 2.94 bits per heavy atom. The van der Waals surface area contributed by atoms with Gasteiger partial charge < -0.3 is 10.3 Å². The van der Waals surface area contributed by atoms with E-state index in [1.165, 1.54) is 6.07 Å². The van der Waals surface area contributed by atoms with Gasteiger partial charge in [-0.05, 0) is 12.1 Å². The van der Waals surface area contributed by atoms with Gasteiger partial charge in [-0.15, -0.1) is 0 Å². The standard InChI is InChI=1S/C10H12N4O2S/c1-17(15,16)9-3-2-4-12-10(9)13-6-8-5-11-7-14-8/h2-5,7H,6H2,1H3,(H,11,14)(H,12,13). The molecule has 0 atom stereocenters. The van der Waals surface area contributed by atoms with Crippen molar-refractivity contribution < 1.29 is 8.42 Å². The van der Waals surface area contributed by atoms with Crippen molar-refractivity contribution in [2.24, 2.45) is 0 Å². The van der Waals surface area contributed by atoms with Crippen molar-refractivity contribution in [1.29, 1.82) is 0 Å². The van der Waals surface area contributed by atoms with Crippen LogP contribution in [0.25, 0.3) is 0 Å². The highest BCUT2D eigenvalue weighted by atomic mass is 32.2. The monoisotopic (exact) mass is 252 g/mol. The lowest BCUT2D eigenvalue weighted by Gasteiger charge is -2.08. The smallest absolute Gasteiger partial charge is 0.179 e. The van der Waals surface area contributed by atoms with E-state index in [9.17, 15) is 8.42 Å². The number of anilines is 1. The highest BCUT2D eigenvalue weighted by Gasteiger charge is 2.13. The van der Waals surface area contributed by atoms with Crippen LogP contribution >= 0.6 is 0 Å². The van der Waals surface area contributed by atoms with Crippen LogP contribution in [0.2, 0.25) is 0 Å². The highest BCUT2D eigenvalue weighted by Crippen LogP contribution is 2.17. The molecule has 2 N–H and O–H groups in total. The molecule has 7 heteroatoms. The topological polar surface area (TPSA) is 87.7 Å². The Labute approximate surface area is 99.0 Å². The van der Waals surface area contributed by atoms with Crippen LogP contribution in [0, 0.1) is 0 Å². The molecule has 0 radical (unpaired) electrons. The summed E-state index contributed by atoms with van der Waals surface area (Å²) in [6, 6.07) is 3.12. The molecular weight excluding hydrogens is 240 g/mol. The molecule has 0 aliphatic rings. The maximum Gasteiger partial charge on any atom is 0.179 e. The Balaban J connectivity index is 2.22. The number of aromatic amines is 1. The van der Waals surface area contributed by atoms with E-state index in [0.29, 0.717) is 12.4 Å². The molecule has 17 heavy (non-hydrogen) atoms. The van der Waals surface area contributed by atoms with Crippen LogP contribution in [0.1, 0.15) is 5.69 Å². The van der Waals surface area contributed by atoms with E-state index < -0.39 is 9.84 Å². The van der Waals surface area contributed by atoms with Crippen LogP contribution in [-0.2, 0) is 16.4 Å². The molecule has 0 aliphatic carbocycles. The number of hydrogen-bond donors (Lipinski definition) is 2. The van der Waals surface area contributed by atoms with Crippen molar-refractivity contribution in [3.8, 4) is 0 Å². The van der Waals surface area contributed by atoms with E-state index in [0.717, 1.165) is 11.9 Å². The van der Waals surface area contributed by atoms with Crippen molar-refractivity contribution in [3.05, 3.63) is 36.5 Å². The number of hydrogen-bond acceptors (Lipinski definition) is 5. The Morgan fingerprint density at radius 2 is 2.29 bits per heavy atom. The number of rotatable bonds is 4. The first-order valence-corrected chi connectivity index (χ1v) is 6.83. The second kappa shape index (κ2) is 4.54. The SMILES string of the molecule is CS(=O)(=O)c1cccnc1NCc1cnc[nH]1. The highest BCUT2D eigenvalue weighted by molar-refractivity contribution is 7.90. The van der Waals surface area contributed by atoms with Crippen molar-refractivity contribution in [2.45, 2.75) is 11.4 Å². The molecule has 6 nitrogen and oxygen atoms in total. The third-order valence-corrected chi connectivity index (χ3v) is 3.30. The molecular formula is C10H12N4O2S. The van der Waals surface area contributed by atoms with Gasteiger partial charge in [0.05, 0.1) is 18.6 Å². The first-order valence-electron chi connectivity index (χ1n) is 4.93. The average Bonchev–Trinajstić information content (AvgIpc) is 2.78. The Bertz CT molecular complexity index is 593.